The minimum absolute atomic E-state index is 0.256. The van der Waals surface area contributed by atoms with Crippen molar-refractivity contribution >= 4 is 43.1 Å². The van der Waals surface area contributed by atoms with E-state index >= 15 is 0 Å². The van der Waals surface area contributed by atoms with E-state index in [0.29, 0.717) is 0 Å². The van der Waals surface area contributed by atoms with E-state index in [0.717, 1.165) is 32.7 Å². The second kappa shape index (κ2) is 11.9. The lowest BCUT2D eigenvalue weighted by Crippen LogP contribution is -2.28. The van der Waals surface area contributed by atoms with Crippen LogP contribution in [0.25, 0.3) is 76.5 Å². The first kappa shape index (κ1) is 31.4. The topological polar surface area (TPSA) is 40.5 Å². The highest BCUT2D eigenvalue weighted by molar-refractivity contribution is 5.96. The van der Waals surface area contributed by atoms with Gasteiger partial charge in [-0.2, -0.15) is 0 Å². The Bertz CT molecular complexity index is 2970. The largest absolute Gasteiger partial charge is 0.508 e. The van der Waals surface area contributed by atoms with Crippen LogP contribution in [0.5, 0.6) is 11.5 Å². The summed E-state index contributed by atoms with van der Waals surface area (Å²) < 4.78 is 0. The van der Waals surface area contributed by atoms with Gasteiger partial charge in [0.05, 0.1) is 5.41 Å². The lowest BCUT2D eigenvalue weighted by molar-refractivity contribution is 0.475. The number of aromatic hydroxyl groups is 2. The average molecular weight is 703 g/mol. The van der Waals surface area contributed by atoms with E-state index in [1.54, 1.807) is 12.1 Å². The Labute approximate surface area is 318 Å². The molecule has 0 atom stereocenters. The lowest BCUT2D eigenvalue weighted by atomic mass is 9.67. The van der Waals surface area contributed by atoms with Gasteiger partial charge < -0.3 is 10.2 Å². The van der Waals surface area contributed by atoms with Gasteiger partial charge in [-0.1, -0.05) is 133 Å². The lowest BCUT2D eigenvalue weighted by Gasteiger charge is -2.34. The highest BCUT2D eigenvalue weighted by Crippen LogP contribution is 2.58. The standard InChI is InChI=1S/C53H34O2/c54-47-21-15-39-27-45(19-13-41(39)29-47)53(46-20-14-42-30-48(55)22-16-40(42)28-46)51-23-17-43(37-11-9-33-5-1-3-7-35(33)25-37)31-49(51)50-32-44(18-24-52(50)53)38-12-10-34-6-2-4-8-36(34)26-38/h1-32,54-55H. The van der Waals surface area contributed by atoms with Gasteiger partial charge in [0.2, 0.25) is 0 Å². The quantitative estimate of drug-likeness (QED) is 0.192. The van der Waals surface area contributed by atoms with Crippen molar-refractivity contribution in [2.45, 2.75) is 5.41 Å². The molecule has 0 spiro atoms. The SMILES string of the molecule is Oc1ccc2cc(C3(c4ccc5cc(O)ccc5c4)c4ccc(-c5ccc6ccccc6c5)cc4-c4cc(-c5ccc6ccccc6c5)ccc43)ccc2c1. The first-order valence-corrected chi connectivity index (χ1v) is 18.8. The fraction of sp³-hybridized carbons (Fsp3) is 0.0189. The summed E-state index contributed by atoms with van der Waals surface area (Å²) in [5.74, 6) is 0.512. The van der Waals surface area contributed by atoms with E-state index in [4.69, 9.17) is 0 Å². The van der Waals surface area contributed by atoms with Crippen molar-refractivity contribution in [3.8, 4) is 44.9 Å². The van der Waals surface area contributed by atoms with E-state index < -0.39 is 5.41 Å². The molecule has 0 saturated heterocycles. The van der Waals surface area contributed by atoms with Crippen LogP contribution in [0.4, 0.5) is 0 Å². The Morgan fingerprint density at radius 1 is 0.273 bits per heavy atom. The van der Waals surface area contributed by atoms with Crippen LogP contribution < -0.4 is 0 Å². The summed E-state index contributed by atoms with van der Waals surface area (Å²) in [6, 6.07) is 69.1. The van der Waals surface area contributed by atoms with E-state index in [1.807, 2.05) is 24.3 Å². The molecule has 258 valence electrons. The Morgan fingerprint density at radius 3 is 1.09 bits per heavy atom. The van der Waals surface area contributed by atoms with Crippen LogP contribution in [-0.2, 0) is 5.41 Å². The monoisotopic (exact) mass is 702 g/mol. The van der Waals surface area contributed by atoms with Gasteiger partial charge in [-0.3, -0.25) is 0 Å². The van der Waals surface area contributed by atoms with E-state index in [1.165, 1.54) is 66.1 Å². The van der Waals surface area contributed by atoms with Crippen LogP contribution in [-0.4, -0.2) is 10.2 Å². The molecule has 0 bridgehead atoms. The molecule has 2 nitrogen and oxygen atoms in total. The van der Waals surface area contributed by atoms with Crippen LogP contribution in [0.3, 0.4) is 0 Å². The number of fused-ring (bicyclic) bond motifs is 7. The molecule has 0 fully saturated rings. The first-order chi connectivity index (χ1) is 27.0. The van der Waals surface area contributed by atoms with Crippen molar-refractivity contribution in [3.05, 3.63) is 216 Å². The molecule has 0 aromatic heterocycles. The molecule has 0 saturated carbocycles. The first-order valence-electron chi connectivity index (χ1n) is 18.8. The molecule has 1 aliphatic rings. The van der Waals surface area contributed by atoms with Gasteiger partial charge in [-0.25, -0.2) is 0 Å². The summed E-state index contributed by atoms with van der Waals surface area (Å²) in [6.07, 6.45) is 0. The van der Waals surface area contributed by atoms with Crippen molar-refractivity contribution in [2.24, 2.45) is 0 Å². The fourth-order valence-corrected chi connectivity index (χ4v) is 9.15. The molecule has 0 amide bonds. The number of benzene rings is 10. The Kier molecular flexibility index (Phi) is 6.80. The van der Waals surface area contributed by atoms with Crippen LogP contribution in [0.2, 0.25) is 0 Å². The zero-order valence-electron chi connectivity index (χ0n) is 29.9. The van der Waals surface area contributed by atoms with Crippen LogP contribution in [0.15, 0.2) is 194 Å². The average Bonchev–Trinajstić information content (AvgIpc) is 3.52. The zero-order valence-corrected chi connectivity index (χ0v) is 29.9. The Morgan fingerprint density at radius 2 is 0.618 bits per heavy atom. The smallest absolute Gasteiger partial charge is 0.116 e. The maximum absolute atomic E-state index is 10.4. The molecule has 11 rings (SSSR count). The normalized spacial score (nSPS) is 13.0. The molecule has 0 unspecified atom stereocenters. The van der Waals surface area contributed by atoms with Crippen LogP contribution in [0.1, 0.15) is 22.3 Å². The summed E-state index contributed by atoms with van der Waals surface area (Å²) >= 11 is 0. The second-order valence-corrected chi connectivity index (χ2v) is 14.9. The fourth-order valence-electron chi connectivity index (χ4n) is 9.15. The summed E-state index contributed by atoms with van der Waals surface area (Å²) in [7, 11) is 0. The molecule has 55 heavy (non-hydrogen) atoms. The highest BCUT2D eigenvalue weighted by atomic mass is 16.3. The number of phenols is 2. The third-order valence-electron chi connectivity index (χ3n) is 11.8. The van der Waals surface area contributed by atoms with Crippen molar-refractivity contribution in [1.82, 2.24) is 0 Å². The van der Waals surface area contributed by atoms with E-state index in [2.05, 4.69) is 158 Å². The maximum atomic E-state index is 10.4. The molecular formula is C53H34O2. The summed E-state index contributed by atoms with van der Waals surface area (Å²) in [4.78, 5) is 0. The molecule has 1 aliphatic carbocycles. The summed E-state index contributed by atoms with van der Waals surface area (Å²) in [5, 5.41) is 29.7. The van der Waals surface area contributed by atoms with Gasteiger partial charge in [-0.05, 0) is 159 Å². The number of phenolic OH excluding ortho intramolecular Hbond substituents is 2. The third kappa shape index (κ3) is 4.89. The Hall–Kier alpha value is -7.16. The molecule has 0 heterocycles. The van der Waals surface area contributed by atoms with Crippen molar-refractivity contribution in [3.63, 3.8) is 0 Å². The molecule has 0 radical (unpaired) electrons. The highest BCUT2D eigenvalue weighted by Gasteiger charge is 2.46. The second-order valence-electron chi connectivity index (χ2n) is 14.9. The number of hydrogen-bond acceptors (Lipinski definition) is 2. The van der Waals surface area contributed by atoms with Crippen molar-refractivity contribution in [1.29, 1.82) is 0 Å². The number of hydrogen-bond donors (Lipinski definition) is 2. The summed E-state index contributed by atoms with van der Waals surface area (Å²) in [5.41, 5.74) is 11.2. The predicted molar refractivity (Wildman–Crippen MR) is 228 cm³/mol. The van der Waals surface area contributed by atoms with Crippen LogP contribution >= 0.6 is 0 Å². The summed E-state index contributed by atoms with van der Waals surface area (Å²) in [6.45, 7) is 0. The molecule has 0 aliphatic heterocycles. The molecule has 2 N–H and O–H groups in total. The van der Waals surface area contributed by atoms with Gasteiger partial charge in [-0.15, -0.1) is 0 Å². The minimum atomic E-state index is -0.660. The maximum Gasteiger partial charge on any atom is 0.116 e. The van der Waals surface area contributed by atoms with Gasteiger partial charge in [0.25, 0.3) is 0 Å². The molecule has 10 aromatic rings. The van der Waals surface area contributed by atoms with Crippen LogP contribution in [0, 0.1) is 0 Å². The van der Waals surface area contributed by atoms with Gasteiger partial charge in [0, 0.05) is 0 Å². The Balaban J connectivity index is 1.22. The van der Waals surface area contributed by atoms with Gasteiger partial charge in [0.15, 0.2) is 0 Å². The third-order valence-corrected chi connectivity index (χ3v) is 11.8. The van der Waals surface area contributed by atoms with Crippen molar-refractivity contribution in [2.75, 3.05) is 0 Å². The molecular weight excluding hydrogens is 669 g/mol. The van der Waals surface area contributed by atoms with Gasteiger partial charge in [0.1, 0.15) is 11.5 Å². The molecule has 2 heteroatoms. The zero-order chi connectivity index (χ0) is 36.7. The van der Waals surface area contributed by atoms with E-state index in [9.17, 15) is 10.2 Å². The van der Waals surface area contributed by atoms with Crippen molar-refractivity contribution < 1.29 is 10.2 Å². The number of rotatable bonds is 4. The minimum Gasteiger partial charge on any atom is -0.508 e. The molecule has 10 aromatic carbocycles. The van der Waals surface area contributed by atoms with E-state index in [-0.39, 0.29) is 11.5 Å². The predicted octanol–water partition coefficient (Wildman–Crippen LogP) is 13.4. The van der Waals surface area contributed by atoms with Gasteiger partial charge >= 0.3 is 0 Å².